The van der Waals surface area contributed by atoms with Crippen molar-refractivity contribution >= 4 is 5.96 Å². The molecule has 0 aromatic heterocycles. The first-order valence-corrected chi connectivity index (χ1v) is 6.88. The molecule has 3 heteroatoms. The van der Waals surface area contributed by atoms with Crippen LogP contribution >= 0.6 is 0 Å². The van der Waals surface area contributed by atoms with Gasteiger partial charge in [-0.2, -0.15) is 0 Å². The maximum absolute atomic E-state index is 6.10. The zero-order valence-corrected chi connectivity index (χ0v) is 11.0. The molecular formula is C15H21N3. The summed E-state index contributed by atoms with van der Waals surface area (Å²) in [6.45, 7) is 3.10. The van der Waals surface area contributed by atoms with Crippen LogP contribution in [-0.2, 0) is 6.42 Å². The lowest BCUT2D eigenvalue weighted by Gasteiger charge is -2.39. The molecule has 1 atom stereocenters. The lowest BCUT2D eigenvalue weighted by molar-refractivity contribution is 0.183. The summed E-state index contributed by atoms with van der Waals surface area (Å²) in [7, 11) is 0. The lowest BCUT2D eigenvalue weighted by atomic mass is 9.87. The Kier molecular flexibility index (Phi) is 2.77. The van der Waals surface area contributed by atoms with E-state index in [0.717, 1.165) is 25.3 Å². The van der Waals surface area contributed by atoms with E-state index in [1.165, 1.54) is 18.4 Å². The summed E-state index contributed by atoms with van der Waals surface area (Å²) < 4.78 is 0. The molecule has 1 fully saturated rings. The van der Waals surface area contributed by atoms with Gasteiger partial charge in [-0.25, -0.2) is 0 Å². The summed E-state index contributed by atoms with van der Waals surface area (Å²) in [4.78, 5) is 6.92. The van der Waals surface area contributed by atoms with Gasteiger partial charge in [-0.05, 0) is 31.2 Å². The van der Waals surface area contributed by atoms with Crippen LogP contribution < -0.4 is 5.73 Å². The molecule has 96 valence electrons. The van der Waals surface area contributed by atoms with Gasteiger partial charge in [0.2, 0.25) is 0 Å². The Morgan fingerprint density at radius 1 is 1.33 bits per heavy atom. The zero-order valence-electron chi connectivity index (χ0n) is 11.0. The van der Waals surface area contributed by atoms with Gasteiger partial charge < -0.3 is 10.6 Å². The highest BCUT2D eigenvalue weighted by Gasteiger charge is 2.47. The number of rotatable bonds is 4. The second kappa shape index (κ2) is 4.30. The third-order valence-corrected chi connectivity index (χ3v) is 4.24. The molecule has 0 saturated heterocycles. The summed E-state index contributed by atoms with van der Waals surface area (Å²) in [6, 6.07) is 11.3. The van der Waals surface area contributed by atoms with Crippen LogP contribution in [0.4, 0.5) is 0 Å². The average Bonchev–Trinajstić information content (AvgIpc) is 3.17. The van der Waals surface area contributed by atoms with Crippen molar-refractivity contribution in [3.63, 3.8) is 0 Å². The Morgan fingerprint density at radius 2 is 2.06 bits per heavy atom. The van der Waals surface area contributed by atoms with Crippen molar-refractivity contribution < 1.29 is 0 Å². The van der Waals surface area contributed by atoms with E-state index in [9.17, 15) is 0 Å². The molecule has 1 aliphatic carbocycles. The van der Waals surface area contributed by atoms with Crippen molar-refractivity contribution in [3.8, 4) is 0 Å². The zero-order chi connectivity index (χ0) is 12.6. The molecule has 3 rings (SSSR count). The number of nitrogens with zero attached hydrogens (tertiary/aromatic N) is 2. The van der Waals surface area contributed by atoms with Crippen LogP contribution in [-0.4, -0.2) is 29.0 Å². The van der Waals surface area contributed by atoms with Crippen LogP contribution in [0.3, 0.4) is 0 Å². The fraction of sp³-hybridized carbons (Fsp3) is 0.533. The molecule has 0 radical (unpaired) electrons. The smallest absolute Gasteiger partial charge is 0.192 e. The molecule has 1 aromatic rings. The van der Waals surface area contributed by atoms with Crippen LogP contribution in [0.15, 0.2) is 35.3 Å². The average molecular weight is 243 g/mol. The Bertz CT molecular complexity index is 450. The highest BCUT2D eigenvalue weighted by Crippen LogP contribution is 2.39. The predicted octanol–water partition coefficient (Wildman–Crippen LogP) is 2.17. The first-order chi connectivity index (χ1) is 8.75. The fourth-order valence-electron chi connectivity index (χ4n) is 3.05. The first kappa shape index (κ1) is 11.6. The van der Waals surface area contributed by atoms with Gasteiger partial charge in [0, 0.05) is 6.04 Å². The van der Waals surface area contributed by atoms with Gasteiger partial charge >= 0.3 is 0 Å². The highest BCUT2D eigenvalue weighted by molar-refractivity contribution is 5.81. The number of hydrogen-bond donors (Lipinski definition) is 1. The van der Waals surface area contributed by atoms with Crippen molar-refractivity contribution in [3.05, 3.63) is 35.9 Å². The van der Waals surface area contributed by atoms with E-state index in [1.807, 2.05) is 0 Å². The van der Waals surface area contributed by atoms with Crippen LogP contribution in [0.25, 0.3) is 0 Å². The monoisotopic (exact) mass is 243 g/mol. The van der Waals surface area contributed by atoms with E-state index in [4.69, 9.17) is 5.73 Å². The lowest BCUT2D eigenvalue weighted by Crippen LogP contribution is -2.53. The van der Waals surface area contributed by atoms with Crippen molar-refractivity contribution in [2.75, 3.05) is 6.54 Å². The first-order valence-electron chi connectivity index (χ1n) is 6.88. The van der Waals surface area contributed by atoms with Crippen molar-refractivity contribution in [2.45, 2.75) is 44.2 Å². The van der Waals surface area contributed by atoms with E-state index in [1.54, 1.807) is 0 Å². The molecule has 3 nitrogen and oxygen atoms in total. The summed E-state index contributed by atoms with van der Waals surface area (Å²) >= 11 is 0. The van der Waals surface area contributed by atoms with E-state index in [0.29, 0.717) is 6.04 Å². The van der Waals surface area contributed by atoms with Crippen molar-refractivity contribution in [2.24, 2.45) is 10.7 Å². The quantitative estimate of drug-likeness (QED) is 0.880. The van der Waals surface area contributed by atoms with Crippen LogP contribution in [0.2, 0.25) is 0 Å². The van der Waals surface area contributed by atoms with Gasteiger partial charge in [0.05, 0.1) is 12.1 Å². The summed E-state index contributed by atoms with van der Waals surface area (Å²) in [5.74, 6) is 0.760. The number of guanidine groups is 1. The van der Waals surface area contributed by atoms with Crippen LogP contribution in [0.5, 0.6) is 0 Å². The van der Waals surface area contributed by atoms with E-state index < -0.39 is 0 Å². The van der Waals surface area contributed by atoms with Gasteiger partial charge in [0.1, 0.15) is 0 Å². The van der Waals surface area contributed by atoms with E-state index in [-0.39, 0.29) is 5.54 Å². The topological polar surface area (TPSA) is 41.6 Å². The molecule has 0 spiro atoms. The standard InChI is InChI=1S/C15H21N3/c1-2-15(10-12-6-4-3-5-7-12)11-17-14(16)18(15)13-8-9-13/h3-7,13H,2,8-11H2,1H3,(H2,16,17). The Hall–Kier alpha value is -1.51. The number of hydrogen-bond acceptors (Lipinski definition) is 3. The van der Waals surface area contributed by atoms with Gasteiger partial charge in [-0.3, -0.25) is 4.99 Å². The van der Waals surface area contributed by atoms with Crippen LogP contribution in [0.1, 0.15) is 31.7 Å². The molecular weight excluding hydrogens is 222 g/mol. The predicted molar refractivity (Wildman–Crippen MR) is 74.5 cm³/mol. The van der Waals surface area contributed by atoms with E-state index >= 15 is 0 Å². The molecule has 2 N–H and O–H groups in total. The molecule has 1 aliphatic heterocycles. The van der Waals surface area contributed by atoms with Crippen molar-refractivity contribution in [1.29, 1.82) is 0 Å². The normalized spacial score (nSPS) is 27.4. The SMILES string of the molecule is CCC1(Cc2ccccc2)CN=C(N)N1C1CC1. The molecule has 1 saturated carbocycles. The number of benzene rings is 1. The Morgan fingerprint density at radius 3 is 2.67 bits per heavy atom. The van der Waals surface area contributed by atoms with Gasteiger partial charge in [0.25, 0.3) is 0 Å². The second-order valence-electron chi connectivity index (χ2n) is 5.52. The van der Waals surface area contributed by atoms with Gasteiger partial charge in [-0.1, -0.05) is 37.3 Å². The van der Waals surface area contributed by atoms with Gasteiger partial charge in [-0.15, -0.1) is 0 Å². The minimum Gasteiger partial charge on any atom is -0.370 e. The largest absolute Gasteiger partial charge is 0.370 e. The molecule has 1 unspecified atom stereocenters. The molecule has 0 amide bonds. The minimum atomic E-state index is 0.118. The van der Waals surface area contributed by atoms with Gasteiger partial charge in [0.15, 0.2) is 5.96 Å². The van der Waals surface area contributed by atoms with Crippen molar-refractivity contribution in [1.82, 2.24) is 4.90 Å². The second-order valence-corrected chi connectivity index (χ2v) is 5.52. The number of aliphatic imine (C=N–C) groups is 1. The van der Waals surface area contributed by atoms with Crippen LogP contribution in [0, 0.1) is 0 Å². The molecule has 18 heavy (non-hydrogen) atoms. The highest BCUT2D eigenvalue weighted by atomic mass is 15.4. The summed E-state index contributed by atoms with van der Waals surface area (Å²) in [5, 5.41) is 0. The van der Waals surface area contributed by atoms with E-state index in [2.05, 4.69) is 47.1 Å². The molecule has 1 aromatic carbocycles. The summed E-state index contributed by atoms with van der Waals surface area (Å²) in [5.41, 5.74) is 7.60. The molecule has 1 heterocycles. The minimum absolute atomic E-state index is 0.118. The summed E-state index contributed by atoms with van der Waals surface area (Å²) in [6.07, 6.45) is 4.69. The Labute approximate surface area is 109 Å². The Balaban J connectivity index is 1.86. The molecule has 2 aliphatic rings. The third kappa shape index (κ3) is 1.88. The third-order valence-electron chi connectivity index (χ3n) is 4.24. The maximum atomic E-state index is 6.10. The number of nitrogens with two attached hydrogens (primary N) is 1. The fourth-order valence-corrected chi connectivity index (χ4v) is 3.05. The molecule has 0 bridgehead atoms. The maximum Gasteiger partial charge on any atom is 0.192 e.